The Hall–Kier alpha value is -3.13. The molecular weight excluding hydrogens is 448 g/mol. The molecule has 4 rings (SSSR count). The maximum atomic E-state index is 12.8. The van der Waals surface area contributed by atoms with E-state index in [9.17, 15) is 14.4 Å². The molecule has 7 nitrogen and oxygen atoms in total. The molecule has 0 radical (unpaired) electrons. The molecule has 0 aromatic heterocycles. The molecule has 178 valence electrons. The Balaban J connectivity index is 1.27. The van der Waals surface area contributed by atoms with Crippen LogP contribution in [0.15, 0.2) is 53.5 Å². The average Bonchev–Trinajstić information content (AvgIpc) is 3.21. The highest BCUT2D eigenvalue weighted by Crippen LogP contribution is 2.29. The van der Waals surface area contributed by atoms with Gasteiger partial charge in [-0.25, -0.2) is 0 Å². The summed E-state index contributed by atoms with van der Waals surface area (Å²) in [5.41, 5.74) is 3.39. The third-order valence-corrected chi connectivity index (χ3v) is 7.24. The molecule has 2 aliphatic heterocycles. The van der Waals surface area contributed by atoms with Crippen LogP contribution in [-0.4, -0.2) is 58.1 Å². The molecule has 34 heavy (non-hydrogen) atoms. The number of amides is 3. The molecule has 8 heteroatoms. The van der Waals surface area contributed by atoms with E-state index in [1.165, 1.54) is 23.7 Å². The normalized spacial score (nSPS) is 17.9. The number of anilines is 1. The number of hydrogen-bond acceptors (Lipinski definition) is 5. The lowest BCUT2D eigenvalue weighted by Gasteiger charge is -2.27. The Kier molecular flexibility index (Phi) is 7.67. The fourth-order valence-electron chi connectivity index (χ4n) is 4.07. The SMILES string of the molecule is Cc1ccc(CN(C)C(=O)c2ccc(NC(=O)CC3SC(N4CCCCC4)=NC3=O)cc2)cc1. The highest BCUT2D eigenvalue weighted by molar-refractivity contribution is 8.15. The quantitative estimate of drug-likeness (QED) is 0.677. The van der Waals surface area contributed by atoms with Crippen molar-refractivity contribution in [3.8, 4) is 0 Å². The van der Waals surface area contributed by atoms with Crippen molar-refractivity contribution >= 4 is 40.3 Å². The number of thioether (sulfide) groups is 1. The third kappa shape index (κ3) is 6.05. The summed E-state index contributed by atoms with van der Waals surface area (Å²) < 4.78 is 0. The lowest BCUT2D eigenvalue weighted by molar-refractivity contribution is -0.121. The van der Waals surface area contributed by atoms with Crippen molar-refractivity contribution in [1.82, 2.24) is 9.80 Å². The number of carbonyl (C=O) groups is 3. The molecule has 1 fully saturated rings. The lowest BCUT2D eigenvalue weighted by atomic mass is 10.1. The van der Waals surface area contributed by atoms with Gasteiger partial charge in [-0.2, -0.15) is 4.99 Å². The van der Waals surface area contributed by atoms with Crippen LogP contribution in [0.4, 0.5) is 5.69 Å². The molecule has 2 aromatic rings. The van der Waals surface area contributed by atoms with E-state index >= 15 is 0 Å². The van der Waals surface area contributed by atoms with Gasteiger partial charge in [-0.3, -0.25) is 14.4 Å². The predicted octanol–water partition coefficient (Wildman–Crippen LogP) is 4.08. The number of nitrogens with one attached hydrogen (secondary N) is 1. The van der Waals surface area contributed by atoms with Gasteiger partial charge in [-0.15, -0.1) is 0 Å². The van der Waals surface area contributed by atoms with Gasteiger partial charge in [0.15, 0.2) is 5.17 Å². The Morgan fingerprint density at radius 1 is 1.06 bits per heavy atom. The number of likely N-dealkylation sites (tertiary alicyclic amines) is 1. The van der Waals surface area contributed by atoms with Crippen LogP contribution in [0.1, 0.15) is 47.2 Å². The molecule has 2 aliphatic rings. The summed E-state index contributed by atoms with van der Waals surface area (Å²) >= 11 is 1.39. The Morgan fingerprint density at radius 3 is 2.41 bits per heavy atom. The zero-order valence-corrected chi connectivity index (χ0v) is 20.4. The van der Waals surface area contributed by atoms with E-state index in [4.69, 9.17) is 0 Å². The zero-order valence-electron chi connectivity index (χ0n) is 19.6. The second kappa shape index (κ2) is 10.9. The van der Waals surface area contributed by atoms with Crippen LogP contribution >= 0.6 is 11.8 Å². The van der Waals surface area contributed by atoms with Gasteiger partial charge in [-0.1, -0.05) is 41.6 Å². The Labute approximate surface area is 204 Å². The van der Waals surface area contributed by atoms with Crippen LogP contribution in [0, 0.1) is 6.92 Å². The second-order valence-corrected chi connectivity index (χ2v) is 10.0. The third-order valence-electron chi connectivity index (χ3n) is 6.03. The molecule has 3 amide bonds. The average molecular weight is 479 g/mol. The molecule has 1 atom stereocenters. The topological polar surface area (TPSA) is 82.1 Å². The number of amidine groups is 1. The summed E-state index contributed by atoms with van der Waals surface area (Å²) in [6, 6.07) is 14.9. The number of benzene rings is 2. The van der Waals surface area contributed by atoms with Gasteiger partial charge >= 0.3 is 0 Å². The molecule has 2 aromatic carbocycles. The first-order valence-electron chi connectivity index (χ1n) is 11.6. The number of nitrogens with zero attached hydrogens (tertiary/aromatic N) is 3. The Morgan fingerprint density at radius 2 is 1.74 bits per heavy atom. The molecular formula is C26H30N4O3S. The van der Waals surface area contributed by atoms with E-state index < -0.39 is 5.25 Å². The molecule has 1 N–H and O–H groups in total. The summed E-state index contributed by atoms with van der Waals surface area (Å²) in [7, 11) is 1.77. The van der Waals surface area contributed by atoms with Gasteiger partial charge in [0.1, 0.15) is 5.25 Å². The van der Waals surface area contributed by atoms with Crippen LogP contribution in [0.2, 0.25) is 0 Å². The van der Waals surface area contributed by atoms with Gasteiger partial charge < -0.3 is 15.1 Å². The van der Waals surface area contributed by atoms with Crippen molar-refractivity contribution in [1.29, 1.82) is 0 Å². The van der Waals surface area contributed by atoms with Crippen molar-refractivity contribution in [3.05, 3.63) is 65.2 Å². The summed E-state index contributed by atoms with van der Waals surface area (Å²) in [6.07, 6.45) is 3.50. The van der Waals surface area contributed by atoms with E-state index in [1.54, 1.807) is 36.2 Å². The minimum Gasteiger partial charge on any atom is -0.351 e. The minimum absolute atomic E-state index is 0.0737. The van der Waals surface area contributed by atoms with E-state index in [1.807, 2.05) is 31.2 Å². The number of piperidine rings is 1. The van der Waals surface area contributed by atoms with Gasteiger partial charge in [0, 0.05) is 44.4 Å². The highest BCUT2D eigenvalue weighted by Gasteiger charge is 2.33. The number of aryl methyl sites for hydroxylation is 1. The van der Waals surface area contributed by atoms with Gasteiger partial charge in [0.05, 0.1) is 0 Å². The molecule has 2 heterocycles. The largest absolute Gasteiger partial charge is 0.351 e. The van der Waals surface area contributed by atoms with Crippen molar-refractivity contribution in [2.75, 3.05) is 25.5 Å². The van der Waals surface area contributed by atoms with Gasteiger partial charge in [0.2, 0.25) is 5.91 Å². The first kappa shape index (κ1) is 24.0. The van der Waals surface area contributed by atoms with Crippen LogP contribution < -0.4 is 5.32 Å². The fourth-order valence-corrected chi connectivity index (χ4v) is 5.18. The Bertz CT molecular complexity index is 1080. The monoisotopic (exact) mass is 478 g/mol. The standard InChI is InChI=1S/C26H30N4O3S/c1-18-6-8-19(9-7-18)17-29(2)25(33)20-10-12-21(13-11-20)27-23(31)16-22-24(32)28-26(34-22)30-14-4-3-5-15-30/h6-13,22H,3-5,14-17H2,1-2H3,(H,27,31). The maximum absolute atomic E-state index is 12.8. The zero-order chi connectivity index (χ0) is 24.1. The van der Waals surface area contributed by atoms with Gasteiger partial charge in [0.25, 0.3) is 11.8 Å². The molecule has 0 aliphatic carbocycles. The maximum Gasteiger partial charge on any atom is 0.262 e. The highest BCUT2D eigenvalue weighted by atomic mass is 32.2. The molecule has 0 saturated carbocycles. The summed E-state index contributed by atoms with van der Waals surface area (Å²) in [6.45, 7) is 4.39. The van der Waals surface area contributed by atoms with Crippen molar-refractivity contribution in [2.45, 2.75) is 44.4 Å². The number of hydrogen-bond donors (Lipinski definition) is 1. The van der Waals surface area contributed by atoms with Crippen LogP contribution in [0.25, 0.3) is 0 Å². The summed E-state index contributed by atoms with van der Waals surface area (Å²) in [5.74, 6) is -0.566. The van der Waals surface area contributed by atoms with E-state index in [2.05, 4.69) is 15.2 Å². The van der Waals surface area contributed by atoms with Crippen LogP contribution in [0.3, 0.4) is 0 Å². The summed E-state index contributed by atoms with van der Waals surface area (Å²) in [4.78, 5) is 45.6. The molecule has 0 bridgehead atoms. The molecule has 1 unspecified atom stereocenters. The lowest BCUT2D eigenvalue weighted by Crippen LogP contribution is -2.33. The molecule has 1 saturated heterocycles. The number of aliphatic imine (C=N–C) groups is 1. The minimum atomic E-state index is -0.479. The fraction of sp³-hybridized carbons (Fsp3) is 0.385. The first-order valence-corrected chi connectivity index (χ1v) is 12.5. The van der Waals surface area contributed by atoms with Crippen LogP contribution in [-0.2, 0) is 16.1 Å². The van der Waals surface area contributed by atoms with Crippen LogP contribution in [0.5, 0.6) is 0 Å². The van der Waals surface area contributed by atoms with Crippen molar-refractivity contribution < 1.29 is 14.4 Å². The van der Waals surface area contributed by atoms with Crippen molar-refractivity contribution in [3.63, 3.8) is 0 Å². The van der Waals surface area contributed by atoms with E-state index in [-0.39, 0.29) is 24.1 Å². The second-order valence-electron chi connectivity index (χ2n) is 8.86. The first-order chi connectivity index (χ1) is 16.4. The predicted molar refractivity (Wildman–Crippen MR) is 136 cm³/mol. The smallest absolute Gasteiger partial charge is 0.262 e. The van der Waals surface area contributed by atoms with E-state index in [0.29, 0.717) is 17.8 Å². The van der Waals surface area contributed by atoms with Crippen molar-refractivity contribution in [2.24, 2.45) is 4.99 Å². The molecule has 0 spiro atoms. The number of carbonyl (C=O) groups excluding carboxylic acids is 3. The summed E-state index contributed by atoms with van der Waals surface area (Å²) in [5, 5.41) is 3.10. The van der Waals surface area contributed by atoms with Gasteiger partial charge in [-0.05, 0) is 56.0 Å². The number of rotatable bonds is 6. The van der Waals surface area contributed by atoms with E-state index in [0.717, 1.165) is 36.7 Å².